The van der Waals surface area contributed by atoms with E-state index in [-0.39, 0.29) is 0 Å². The Kier molecular flexibility index (Phi) is 2.87. The van der Waals surface area contributed by atoms with Crippen LogP contribution in [0, 0.1) is 0 Å². The van der Waals surface area contributed by atoms with E-state index in [1.807, 2.05) is 0 Å². The minimum absolute atomic E-state index is 0.758. The Bertz CT molecular complexity index is 120. The first kappa shape index (κ1) is 9.48. The summed E-state index contributed by atoms with van der Waals surface area (Å²) in [6, 6.07) is 2.97. The fourth-order valence-corrected chi connectivity index (χ4v) is 26.2. The van der Waals surface area contributed by atoms with E-state index in [1.165, 1.54) is 18.1 Å². The Morgan fingerprint density at radius 2 is 1.70 bits per heavy atom. The molecule has 0 unspecified atom stereocenters. The molecule has 0 atom stereocenters. The first-order chi connectivity index (χ1) is 4.41. The van der Waals surface area contributed by atoms with E-state index in [1.54, 1.807) is 6.04 Å². The van der Waals surface area contributed by atoms with Crippen molar-refractivity contribution < 1.29 is 0 Å². The maximum absolute atomic E-state index is 3.86. The summed E-state index contributed by atoms with van der Waals surface area (Å²) in [5.41, 5.74) is 1.51. The fourth-order valence-electron chi connectivity index (χ4n) is 1.70. The molecule has 1 fully saturated rings. The molecule has 60 valence electrons. The second-order valence-corrected chi connectivity index (χ2v) is 24.8. The van der Waals surface area contributed by atoms with Crippen LogP contribution in [0.1, 0.15) is 6.42 Å². The largest absolute Gasteiger partial charge is 0.198 e. The van der Waals surface area contributed by atoms with Gasteiger partial charge in [-0.05, 0) is 11.7 Å². The SMILES string of the molecule is C[Si]1(C)CCC[Si](Br)(Br)C1. The lowest BCUT2D eigenvalue weighted by molar-refractivity contribution is 1.00. The molecule has 0 aromatic carbocycles. The molecule has 0 aliphatic carbocycles. The summed E-state index contributed by atoms with van der Waals surface area (Å²) in [4.78, 5) is 0. The van der Waals surface area contributed by atoms with Gasteiger partial charge in [0.1, 0.15) is 0 Å². The van der Waals surface area contributed by atoms with Gasteiger partial charge < -0.3 is 0 Å². The van der Waals surface area contributed by atoms with Crippen LogP contribution in [0.25, 0.3) is 0 Å². The van der Waals surface area contributed by atoms with Crippen molar-refractivity contribution in [1.82, 2.24) is 0 Å². The standard InChI is InChI=1S/C6H14Br2Si2/c1-9(2)4-3-5-10(7,8)6-9/h3-6H2,1-2H3. The molecule has 0 aromatic rings. The molecule has 0 N–H and O–H groups in total. The lowest BCUT2D eigenvalue weighted by Gasteiger charge is -2.34. The average Bonchev–Trinajstić information content (AvgIpc) is 1.56. The molecule has 1 saturated heterocycles. The van der Waals surface area contributed by atoms with Crippen molar-refractivity contribution in [2.45, 2.75) is 37.3 Å². The summed E-state index contributed by atoms with van der Waals surface area (Å²) in [6.45, 7) is 5.02. The Hall–Kier alpha value is 1.39. The van der Waals surface area contributed by atoms with Crippen LogP contribution in [0.15, 0.2) is 0 Å². The second kappa shape index (κ2) is 3.03. The van der Waals surface area contributed by atoms with Gasteiger partial charge in [-0.1, -0.05) is 25.6 Å². The van der Waals surface area contributed by atoms with Gasteiger partial charge in [0.05, 0.1) is 0 Å². The van der Waals surface area contributed by atoms with Crippen LogP contribution in [-0.2, 0) is 0 Å². The highest BCUT2D eigenvalue weighted by Crippen LogP contribution is 2.42. The molecule has 1 heterocycles. The van der Waals surface area contributed by atoms with Crippen LogP contribution in [-0.4, -0.2) is 13.4 Å². The molecule has 0 aromatic heterocycles. The van der Waals surface area contributed by atoms with Gasteiger partial charge in [-0.25, -0.2) is 0 Å². The van der Waals surface area contributed by atoms with Crippen LogP contribution < -0.4 is 0 Å². The summed E-state index contributed by atoms with van der Waals surface area (Å²) in [5, 5.41) is -1.04. The van der Waals surface area contributed by atoms with Gasteiger partial charge in [-0.3, -0.25) is 0 Å². The molecular weight excluding hydrogens is 288 g/mol. The van der Waals surface area contributed by atoms with Crippen molar-refractivity contribution in [2.24, 2.45) is 0 Å². The third-order valence-corrected chi connectivity index (χ3v) is 18.2. The molecule has 0 bridgehead atoms. The van der Waals surface area contributed by atoms with Gasteiger partial charge in [0.2, 0.25) is 0 Å². The number of rotatable bonds is 0. The zero-order valence-corrected chi connectivity index (χ0v) is 11.8. The van der Waals surface area contributed by atoms with E-state index in [0.717, 1.165) is 0 Å². The van der Waals surface area contributed by atoms with E-state index >= 15 is 0 Å². The van der Waals surface area contributed by atoms with Gasteiger partial charge in [0.15, 0.2) is 5.31 Å². The molecule has 0 saturated carbocycles. The molecule has 0 spiro atoms. The van der Waals surface area contributed by atoms with Crippen LogP contribution in [0.2, 0.25) is 30.8 Å². The van der Waals surface area contributed by atoms with Crippen LogP contribution >= 0.6 is 30.6 Å². The molecule has 4 heteroatoms. The third-order valence-electron chi connectivity index (χ3n) is 2.13. The lowest BCUT2D eigenvalue weighted by Crippen LogP contribution is -2.39. The Morgan fingerprint density at radius 3 is 2.00 bits per heavy atom. The van der Waals surface area contributed by atoms with Crippen LogP contribution in [0.3, 0.4) is 0 Å². The van der Waals surface area contributed by atoms with Gasteiger partial charge in [0, 0.05) is 8.07 Å². The molecule has 0 radical (unpaired) electrons. The predicted octanol–water partition coefficient (Wildman–Crippen LogP) is 3.87. The van der Waals surface area contributed by atoms with Crippen molar-refractivity contribution in [3.63, 3.8) is 0 Å². The van der Waals surface area contributed by atoms with E-state index in [9.17, 15) is 0 Å². The van der Waals surface area contributed by atoms with E-state index < -0.39 is 13.4 Å². The maximum atomic E-state index is 3.86. The molecular formula is C6H14Br2Si2. The summed E-state index contributed by atoms with van der Waals surface area (Å²) in [7, 11) is -0.758. The Balaban J connectivity index is 2.56. The summed E-state index contributed by atoms with van der Waals surface area (Å²) in [5.74, 6) is 0. The van der Waals surface area contributed by atoms with E-state index in [0.29, 0.717) is 0 Å². The molecule has 1 aliphatic rings. The molecule has 10 heavy (non-hydrogen) atoms. The highest BCUT2D eigenvalue weighted by molar-refractivity contribution is 9.51. The zero-order valence-electron chi connectivity index (χ0n) is 6.58. The second-order valence-electron chi connectivity index (χ2n) is 4.05. The zero-order chi connectivity index (χ0) is 7.83. The highest BCUT2D eigenvalue weighted by Gasteiger charge is 2.39. The normalized spacial score (nSPS) is 30.0. The molecule has 1 rings (SSSR count). The van der Waals surface area contributed by atoms with Crippen molar-refractivity contribution in [3.05, 3.63) is 0 Å². The highest BCUT2D eigenvalue weighted by atomic mass is 79.9. The van der Waals surface area contributed by atoms with Gasteiger partial charge in [0.25, 0.3) is 0 Å². The minimum atomic E-state index is -1.04. The van der Waals surface area contributed by atoms with Gasteiger partial charge >= 0.3 is 0 Å². The van der Waals surface area contributed by atoms with E-state index in [4.69, 9.17) is 0 Å². The van der Waals surface area contributed by atoms with Crippen molar-refractivity contribution >= 4 is 44.0 Å². The summed E-state index contributed by atoms with van der Waals surface area (Å²) >= 11 is 7.72. The molecule has 1 aliphatic heterocycles. The van der Waals surface area contributed by atoms with Gasteiger partial charge in [-0.2, -0.15) is 0 Å². The van der Waals surface area contributed by atoms with Crippen LogP contribution in [0.4, 0.5) is 0 Å². The first-order valence-corrected chi connectivity index (χ1v) is 14.1. The molecule has 0 amide bonds. The Labute approximate surface area is 81.0 Å². The third kappa shape index (κ3) is 2.79. The number of halogens is 2. The minimum Gasteiger partial charge on any atom is -0.111 e. The Morgan fingerprint density at radius 1 is 1.10 bits per heavy atom. The summed E-state index contributed by atoms with van der Waals surface area (Å²) in [6.07, 6.45) is 1.46. The average molecular weight is 302 g/mol. The lowest BCUT2D eigenvalue weighted by atomic mass is 10.6. The number of hydrogen-bond acceptors (Lipinski definition) is 0. The van der Waals surface area contributed by atoms with Crippen molar-refractivity contribution in [2.75, 3.05) is 0 Å². The quantitative estimate of drug-likeness (QED) is 0.471. The van der Waals surface area contributed by atoms with Gasteiger partial charge in [-0.15, -0.1) is 30.6 Å². The summed E-state index contributed by atoms with van der Waals surface area (Å²) < 4.78 is 0. The monoisotopic (exact) mass is 300 g/mol. The molecule has 0 nitrogen and oxygen atoms in total. The predicted molar refractivity (Wildman–Crippen MR) is 60.1 cm³/mol. The first-order valence-electron chi connectivity index (χ1n) is 3.79. The smallest absolute Gasteiger partial charge is 0.111 e. The van der Waals surface area contributed by atoms with Crippen molar-refractivity contribution in [1.29, 1.82) is 0 Å². The topological polar surface area (TPSA) is 0 Å². The van der Waals surface area contributed by atoms with Crippen LogP contribution in [0.5, 0.6) is 0 Å². The fraction of sp³-hybridized carbons (Fsp3) is 1.00. The number of hydrogen-bond donors (Lipinski definition) is 0. The van der Waals surface area contributed by atoms with Crippen molar-refractivity contribution in [3.8, 4) is 0 Å². The maximum Gasteiger partial charge on any atom is 0.198 e. The van der Waals surface area contributed by atoms with E-state index in [2.05, 4.69) is 43.7 Å².